The van der Waals surface area contributed by atoms with Crippen LogP contribution in [0.25, 0.3) is 10.4 Å². The summed E-state index contributed by atoms with van der Waals surface area (Å²) in [6, 6.07) is 6.37. The number of carbonyl (C=O) groups excluding carboxylic acids is 1. The molecule has 0 radical (unpaired) electrons. The lowest BCUT2D eigenvalue weighted by atomic mass is 10.1. The van der Waals surface area contributed by atoms with Crippen molar-refractivity contribution in [3.63, 3.8) is 0 Å². The lowest BCUT2D eigenvalue weighted by Gasteiger charge is -2.01. The van der Waals surface area contributed by atoms with E-state index >= 15 is 0 Å². The van der Waals surface area contributed by atoms with Gasteiger partial charge in [0.2, 0.25) is 0 Å². The number of primary amides is 1. The van der Waals surface area contributed by atoms with Crippen LogP contribution in [0.4, 0.5) is 9.39 Å². The molecule has 0 spiro atoms. The molecule has 5 heteroatoms. The van der Waals surface area contributed by atoms with E-state index in [0.717, 1.165) is 0 Å². The van der Waals surface area contributed by atoms with Gasteiger partial charge in [0.1, 0.15) is 5.82 Å². The van der Waals surface area contributed by atoms with E-state index in [4.69, 9.17) is 11.5 Å². The molecule has 0 aliphatic heterocycles. The fourth-order valence-electron chi connectivity index (χ4n) is 1.74. The summed E-state index contributed by atoms with van der Waals surface area (Å²) >= 11 is 1.17. The number of hydrogen-bond donors (Lipinski definition) is 2. The monoisotopic (exact) mass is 250 g/mol. The maximum Gasteiger partial charge on any atom is 0.251 e. The molecule has 0 saturated carbocycles. The minimum atomic E-state index is -0.584. The summed E-state index contributed by atoms with van der Waals surface area (Å²) in [5, 5.41) is 0.327. The van der Waals surface area contributed by atoms with Crippen molar-refractivity contribution in [3.8, 4) is 10.4 Å². The molecule has 88 valence electrons. The van der Waals surface area contributed by atoms with Gasteiger partial charge in [-0.1, -0.05) is 18.2 Å². The Morgan fingerprint density at radius 2 is 2.00 bits per heavy atom. The molecular formula is C12H11FN2OS. The molecule has 17 heavy (non-hydrogen) atoms. The second-order valence-corrected chi connectivity index (χ2v) is 4.69. The highest BCUT2D eigenvalue weighted by molar-refractivity contribution is 7.19. The van der Waals surface area contributed by atoms with Crippen molar-refractivity contribution in [2.75, 3.05) is 5.73 Å². The SMILES string of the molecule is Cc1c(-c2ccccc2F)sc(N)c1C(N)=O. The van der Waals surface area contributed by atoms with Crippen molar-refractivity contribution in [2.24, 2.45) is 5.73 Å². The molecule has 1 aromatic carbocycles. The third-order valence-corrected chi connectivity index (χ3v) is 3.69. The van der Waals surface area contributed by atoms with Crippen LogP contribution in [-0.4, -0.2) is 5.91 Å². The molecule has 0 aliphatic rings. The maximum atomic E-state index is 13.6. The van der Waals surface area contributed by atoms with Crippen molar-refractivity contribution in [1.82, 2.24) is 0 Å². The van der Waals surface area contributed by atoms with Gasteiger partial charge < -0.3 is 11.5 Å². The summed E-state index contributed by atoms with van der Waals surface area (Å²) in [7, 11) is 0. The van der Waals surface area contributed by atoms with Crippen molar-refractivity contribution in [2.45, 2.75) is 6.92 Å². The molecule has 1 heterocycles. The second kappa shape index (κ2) is 4.18. The highest BCUT2D eigenvalue weighted by Gasteiger charge is 2.19. The van der Waals surface area contributed by atoms with Gasteiger partial charge in [-0.25, -0.2) is 4.39 Å². The number of nitrogen functional groups attached to an aromatic ring is 1. The standard InChI is InChI=1S/C12H11FN2OS/c1-6-9(11(14)16)12(15)17-10(6)7-4-2-3-5-8(7)13/h2-5H,15H2,1H3,(H2,14,16). The number of halogens is 1. The third-order valence-electron chi connectivity index (χ3n) is 2.54. The van der Waals surface area contributed by atoms with Crippen LogP contribution in [-0.2, 0) is 0 Å². The molecule has 1 aromatic heterocycles. The van der Waals surface area contributed by atoms with Gasteiger partial charge in [-0.2, -0.15) is 0 Å². The fraction of sp³-hybridized carbons (Fsp3) is 0.0833. The van der Waals surface area contributed by atoms with Crippen LogP contribution in [0.15, 0.2) is 24.3 Å². The normalized spacial score (nSPS) is 10.5. The Hall–Kier alpha value is -1.88. The van der Waals surface area contributed by atoms with Crippen LogP contribution in [0.3, 0.4) is 0 Å². The molecule has 1 amide bonds. The molecule has 2 rings (SSSR count). The summed E-state index contributed by atoms with van der Waals surface area (Å²) in [6.45, 7) is 1.72. The Morgan fingerprint density at radius 3 is 2.53 bits per heavy atom. The molecule has 0 atom stereocenters. The number of hydrogen-bond acceptors (Lipinski definition) is 3. The summed E-state index contributed by atoms with van der Waals surface area (Å²) in [6.07, 6.45) is 0. The molecule has 0 fully saturated rings. The largest absolute Gasteiger partial charge is 0.390 e. The summed E-state index contributed by atoms with van der Waals surface area (Å²) in [4.78, 5) is 11.9. The van der Waals surface area contributed by atoms with Crippen LogP contribution >= 0.6 is 11.3 Å². The number of anilines is 1. The van der Waals surface area contributed by atoms with Crippen molar-refractivity contribution in [1.29, 1.82) is 0 Å². The summed E-state index contributed by atoms with van der Waals surface area (Å²) in [5.41, 5.74) is 12.3. The maximum absolute atomic E-state index is 13.6. The van der Waals surface area contributed by atoms with Gasteiger partial charge in [0.15, 0.2) is 0 Å². The van der Waals surface area contributed by atoms with Crippen molar-refractivity contribution in [3.05, 3.63) is 41.2 Å². The Labute approximate surface area is 102 Å². The van der Waals surface area contributed by atoms with Crippen LogP contribution in [0.1, 0.15) is 15.9 Å². The predicted molar refractivity (Wildman–Crippen MR) is 67.4 cm³/mol. The topological polar surface area (TPSA) is 69.1 Å². The molecule has 3 nitrogen and oxygen atoms in total. The minimum absolute atomic E-state index is 0.285. The van der Waals surface area contributed by atoms with E-state index in [2.05, 4.69) is 0 Å². The fourth-order valence-corrected chi connectivity index (χ4v) is 2.85. The molecule has 0 unspecified atom stereocenters. The van der Waals surface area contributed by atoms with E-state index in [-0.39, 0.29) is 11.4 Å². The number of carbonyl (C=O) groups is 1. The van der Waals surface area contributed by atoms with Gasteiger partial charge in [-0.15, -0.1) is 11.3 Å². The third kappa shape index (κ3) is 1.89. The number of nitrogens with two attached hydrogens (primary N) is 2. The van der Waals surface area contributed by atoms with Gasteiger partial charge in [-0.05, 0) is 18.6 Å². The molecule has 0 saturated heterocycles. The van der Waals surface area contributed by atoms with Gasteiger partial charge in [0, 0.05) is 10.4 Å². The zero-order chi connectivity index (χ0) is 12.6. The number of amides is 1. The van der Waals surface area contributed by atoms with E-state index in [1.165, 1.54) is 17.4 Å². The zero-order valence-corrected chi connectivity index (χ0v) is 9.98. The van der Waals surface area contributed by atoms with Crippen molar-refractivity contribution < 1.29 is 9.18 Å². The first-order chi connectivity index (χ1) is 8.02. The average Bonchev–Trinajstić information content (AvgIpc) is 2.55. The van der Waals surface area contributed by atoms with E-state index in [1.807, 2.05) is 0 Å². The van der Waals surface area contributed by atoms with Crippen LogP contribution < -0.4 is 11.5 Å². The number of thiophene rings is 1. The van der Waals surface area contributed by atoms with Crippen LogP contribution in [0.5, 0.6) is 0 Å². The van der Waals surface area contributed by atoms with E-state index in [1.54, 1.807) is 25.1 Å². The minimum Gasteiger partial charge on any atom is -0.390 e. The van der Waals surface area contributed by atoms with E-state index in [9.17, 15) is 9.18 Å². The average molecular weight is 250 g/mol. The van der Waals surface area contributed by atoms with Crippen LogP contribution in [0, 0.1) is 12.7 Å². The first kappa shape index (κ1) is 11.6. The highest BCUT2D eigenvalue weighted by atomic mass is 32.1. The van der Waals surface area contributed by atoms with E-state index in [0.29, 0.717) is 21.0 Å². The first-order valence-electron chi connectivity index (χ1n) is 4.96. The summed E-state index contributed by atoms with van der Waals surface area (Å²) < 4.78 is 13.6. The Bertz CT molecular complexity index is 592. The highest BCUT2D eigenvalue weighted by Crippen LogP contribution is 2.38. The number of benzene rings is 1. The van der Waals surface area contributed by atoms with Gasteiger partial charge in [-0.3, -0.25) is 4.79 Å². The van der Waals surface area contributed by atoms with Crippen LogP contribution in [0.2, 0.25) is 0 Å². The van der Waals surface area contributed by atoms with Gasteiger partial charge >= 0.3 is 0 Å². The lowest BCUT2D eigenvalue weighted by Crippen LogP contribution is -2.13. The molecule has 4 N–H and O–H groups in total. The first-order valence-corrected chi connectivity index (χ1v) is 5.77. The zero-order valence-electron chi connectivity index (χ0n) is 9.16. The Balaban J connectivity index is 2.66. The summed E-state index contributed by atoms with van der Waals surface area (Å²) in [5.74, 6) is -0.924. The molecule has 0 bridgehead atoms. The van der Waals surface area contributed by atoms with Gasteiger partial charge in [0.05, 0.1) is 10.6 Å². The Kier molecular flexibility index (Phi) is 2.85. The van der Waals surface area contributed by atoms with E-state index < -0.39 is 5.91 Å². The molecular weight excluding hydrogens is 239 g/mol. The second-order valence-electron chi connectivity index (χ2n) is 3.64. The molecule has 2 aromatic rings. The predicted octanol–water partition coefficient (Wildman–Crippen LogP) is 2.54. The molecule has 0 aliphatic carbocycles. The number of rotatable bonds is 2. The van der Waals surface area contributed by atoms with Gasteiger partial charge in [0.25, 0.3) is 5.91 Å². The lowest BCUT2D eigenvalue weighted by molar-refractivity contribution is 0.100. The smallest absolute Gasteiger partial charge is 0.251 e. The van der Waals surface area contributed by atoms with Crippen molar-refractivity contribution >= 4 is 22.2 Å². The quantitative estimate of drug-likeness (QED) is 0.860. The Morgan fingerprint density at radius 1 is 1.35 bits per heavy atom.